The molecule has 1 heterocycles. The van der Waals surface area contributed by atoms with Crippen LogP contribution in [0.1, 0.15) is 50.5 Å². The van der Waals surface area contributed by atoms with E-state index in [9.17, 15) is 9.90 Å². The molecule has 1 saturated carbocycles. The fraction of sp³-hybridized carbons (Fsp3) is 0.429. The van der Waals surface area contributed by atoms with Crippen molar-refractivity contribution in [2.75, 3.05) is 13.2 Å². The highest BCUT2D eigenvalue weighted by Gasteiger charge is 2.19. The Morgan fingerprint density at radius 1 is 1.26 bits per heavy atom. The molecule has 0 radical (unpaired) electrons. The van der Waals surface area contributed by atoms with Gasteiger partial charge in [-0.05, 0) is 72.8 Å². The number of aromatic nitrogens is 1. The maximum absolute atomic E-state index is 12.9. The van der Waals surface area contributed by atoms with Gasteiger partial charge in [0.05, 0.1) is 6.10 Å². The van der Waals surface area contributed by atoms with E-state index < -0.39 is 6.29 Å². The Bertz CT molecular complexity index is 947. The molecular weight excluding hydrogens is 447 g/mol. The zero-order valence-electron chi connectivity index (χ0n) is 20.2. The summed E-state index contributed by atoms with van der Waals surface area (Å²) in [5.74, 6) is 0.669. The second kappa shape index (κ2) is 15.2. The number of rotatable bonds is 12. The first kappa shape index (κ1) is 28.4. The summed E-state index contributed by atoms with van der Waals surface area (Å²) in [5, 5.41) is 10.2. The second-order valence-electron chi connectivity index (χ2n) is 8.63. The normalized spacial score (nSPS) is 18.1. The number of aliphatic hydroxyl groups is 1. The number of hydrogen-bond donors (Lipinski definition) is 2. The molecule has 0 amide bonds. The fourth-order valence-corrected chi connectivity index (χ4v) is 4.25. The third-order valence-corrected chi connectivity index (χ3v) is 6.05. The third-order valence-electron chi connectivity index (χ3n) is 6.05. The van der Waals surface area contributed by atoms with Crippen LogP contribution in [0.25, 0.3) is 0 Å². The molecule has 0 aliphatic heterocycles. The number of halogens is 1. The van der Waals surface area contributed by atoms with Crippen molar-refractivity contribution in [2.24, 2.45) is 5.73 Å². The largest absolute Gasteiger partial charge is 0.489 e. The highest BCUT2D eigenvalue weighted by molar-refractivity contribution is 5.99. The summed E-state index contributed by atoms with van der Waals surface area (Å²) in [5.41, 5.74) is 9.18. The van der Waals surface area contributed by atoms with Crippen LogP contribution in [0.3, 0.4) is 0 Å². The molecule has 1 atom stereocenters. The van der Waals surface area contributed by atoms with Crippen molar-refractivity contribution in [3.63, 3.8) is 0 Å². The zero-order chi connectivity index (χ0) is 24.2. The van der Waals surface area contributed by atoms with Crippen molar-refractivity contribution in [1.82, 2.24) is 4.98 Å². The maximum Gasteiger partial charge on any atom is 0.189 e. The highest BCUT2D eigenvalue weighted by Crippen LogP contribution is 2.27. The van der Waals surface area contributed by atoms with Gasteiger partial charge in [-0.3, -0.25) is 14.5 Å². The second-order valence-corrected chi connectivity index (χ2v) is 8.63. The lowest BCUT2D eigenvalue weighted by Gasteiger charge is -2.25. The Balaban J connectivity index is 0.00000432. The molecule has 1 unspecified atom stereocenters. The summed E-state index contributed by atoms with van der Waals surface area (Å²) in [4.78, 5) is 16.9. The van der Waals surface area contributed by atoms with Crippen LogP contribution in [0.15, 0.2) is 84.0 Å². The number of aliphatic hydroxyl groups excluding tert-OH is 1. The van der Waals surface area contributed by atoms with Gasteiger partial charge in [0.2, 0.25) is 0 Å². The molecule has 0 aromatic carbocycles. The highest BCUT2D eigenvalue weighted by atomic mass is 19.0. The lowest BCUT2D eigenvalue weighted by atomic mass is 9.93. The van der Waals surface area contributed by atoms with E-state index in [-0.39, 0.29) is 29.6 Å². The van der Waals surface area contributed by atoms with E-state index in [1.54, 1.807) is 18.5 Å². The van der Waals surface area contributed by atoms with Crippen molar-refractivity contribution in [3.05, 3.63) is 89.5 Å². The monoisotopic (exact) mass is 484 g/mol. The minimum absolute atomic E-state index is 0. The molecule has 1 fully saturated rings. The van der Waals surface area contributed by atoms with Gasteiger partial charge in [0.1, 0.15) is 12.4 Å². The lowest BCUT2D eigenvalue weighted by molar-refractivity contribution is -0.165. The van der Waals surface area contributed by atoms with Crippen LogP contribution in [-0.2, 0) is 20.7 Å². The summed E-state index contributed by atoms with van der Waals surface area (Å²) < 4.78 is 11.6. The fourth-order valence-electron chi connectivity index (χ4n) is 4.25. The lowest BCUT2D eigenvalue weighted by Crippen LogP contribution is -2.27. The summed E-state index contributed by atoms with van der Waals surface area (Å²) in [6, 6.07) is 3.67. The van der Waals surface area contributed by atoms with E-state index in [1.807, 2.05) is 36.4 Å². The minimum Gasteiger partial charge on any atom is -0.489 e. The predicted octanol–water partition coefficient (Wildman–Crippen LogP) is 4.63. The van der Waals surface area contributed by atoms with E-state index in [1.165, 1.54) is 6.42 Å². The van der Waals surface area contributed by atoms with Crippen LogP contribution in [0.2, 0.25) is 0 Å². The number of ether oxygens (including phenoxy) is 2. The average molecular weight is 485 g/mol. The molecule has 1 aromatic rings. The molecule has 6 nitrogen and oxygen atoms in total. The van der Waals surface area contributed by atoms with Crippen LogP contribution in [0.5, 0.6) is 0 Å². The molecule has 3 N–H and O–H groups in total. The first-order chi connectivity index (χ1) is 16.6. The Morgan fingerprint density at radius 3 is 2.69 bits per heavy atom. The Kier molecular flexibility index (Phi) is 12.3. The van der Waals surface area contributed by atoms with Crippen molar-refractivity contribution in [3.8, 4) is 0 Å². The smallest absolute Gasteiger partial charge is 0.189 e. The van der Waals surface area contributed by atoms with Crippen LogP contribution in [0.4, 0.5) is 4.70 Å². The minimum atomic E-state index is -0.945. The van der Waals surface area contributed by atoms with Gasteiger partial charge in [0, 0.05) is 30.9 Å². The number of allylic oxidation sites excluding steroid dienone is 7. The van der Waals surface area contributed by atoms with Gasteiger partial charge < -0.3 is 20.3 Å². The standard InChI is InChI=1S/C28H36N2O4.FH/c1-2-22(27(31)17-21-12-15-30-16-13-21)18-24(11-14-29)23-7-6-10-26(19-23)33-20-28(32)34-25-8-4-3-5-9-25;/h2,10-13,15-16,18-19,25,28,32H,1,3-9,14,17,20,29H2;1H/b22-18+,24-11-;. The maximum atomic E-state index is 12.9. The Hall–Kier alpha value is -2.87. The summed E-state index contributed by atoms with van der Waals surface area (Å²) >= 11 is 0. The first-order valence-electron chi connectivity index (χ1n) is 12.1. The number of carbonyl (C=O) groups excluding carboxylic acids is 1. The molecule has 1 aromatic heterocycles. The number of ketones is 1. The molecule has 190 valence electrons. The number of hydrogen-bond acceptors (Lipinski definition) is 6. The number of Topliss-reactive ketones (excluding diaryl/α,β-unsaturated/α-hetero) is 1. The third kappa shape index (κ3) is 9.36. The van der Waals surface area contributed by atoms with Gasteiger partial charge in [-0.25, -0.2) is 0 Å². The van der Waals surface area contributed by atoms with Gasteiger partial charge in [-0.15, -0.1) is 0 Å². The van der Waals surface area contributed by atoms with Gasteiger partial charge in [0.25, 0.3) is 0 Å². The van der Waals surface area contributed by atoms with E-state index in [2.05, 4.69) is 11.6 Å². The number of carbonyl (C=O) groups is 1. The van der Waals surface area contributed by atoms with Crippen molar-refractivity contribution in [2.45, 2.75) is 63.8 Å². The topological polar surface area (TPSA) is 94.7 Å². The van der Waals surface area contributed by atoms with E-state index in [4.69, 9.17) is 15.2 Å². The molecule has 0 bridgehead atoms. The number of pyridine rings is 1. The molecule has 0 saturated heterocycles. The quantitative estimate of drug-likeness (QED) is 0.255. The number of nitrogens with two attached hydrogens (primary N) is 1. The Morgan fingerprint density at radius 2 is 2.00 bits per heavy atom. The van der Waals surface area contributed by atoms with Gasteiger partial charge in [-0.1, -0.05) is 38.0 Å². The zero-order valence-corrected chi connectivity index (χ0v) is 20.2. The van der Waals surface area contributed by atoms with E-state index >= 15 is 0 Å². The summed E-state index contributed by atoms with van der Waals surface area (Å²) in [6.45, 7) is 4.27. The van der Waals surface area contributed by atoms with Crippen molar-refractivity contribution >= 4 is 5.78 Å². The van der Waals surface area contributed by atoms with E-state index in [0.29, 0.717) is 17.9 Å². The number of nitrogens with zero attached hydrogens (tertiary/aromatic N) is 1. The van der Waals surface area contributed by atoms with Crippen LogP contribution in [0, 0.1) is 0 Å². The van der Waals surface area contributed by atoms with Crippen molar-refractivity contribution in [1.29, 1.82) is 0 Å². The average Bonchev–Trinajstić information content (AvgIpc) is 2.86. The first-order valence-corrected chi connectivity index (χ1v) is 12.1. The molecule has 35 heavy (non-hydrogen) atoms. The van der Waals surface area contributed by atoms with Gasteiger partial charge in [-0.2, -0.15) is 0 Å². The van der Waals surface area contributed by atoms with E-state index in [0.717, 1.165) is 55.2 Å². The SMILES string of the molecule is C=C/C(=C\C(=C\CN)C1=CC(OCC(O)OC2CCCCC2)=CCC1)C(=O)Cc1ccncc1.F. The van der Waals surface area contributed by atoms with Crippen LogP contribution < -0.4 is 5.73 Å². The van der Waals surface area contributed by atoms with Gasteiger partial charge in [0.15, 0.2) is 12.1 Å². The molecular formula is C28H37FN2O4. The molecule has 2 aliphatic carbocycles. The molecule has 0 spiro atoms. The summed E-state index contributed by atoms with van der Waals surface area (Å²) in [7, 11) is 0. The molecule has 3 rings (SSSR count). The molecule has 2 aliphatic rings. The van der Waals surface area contributed by atoms with Crippen LogP contribution in [-0.4, -0.2) is 41.4 Å². The van der Waals surface area contributed by atoms with Crippen LogP contribution >= 0.6 is 0 Å². The predicted molar refractivity (Wildman–Crippen MR) is 136 cm³/mol. The Labute approximate surface area is 207 Å². The van der Waals surface area contributed by atoms with Crippen molar-refractivity contribution < 1.29 is 24.1 Å². The molecule has 7 heteroatoms. The summed E-state index contributed by atoms with van der Waals surface area (Å²) in [6.07, 6.45) is 19.2. The van der Waals surface area contributed by atoms with Gasteiger partial charge >= 0.3 is 0 Å².